The van der Waals surface area contributed by atoms with Gasteiger partial charge in [0.05, 0.1) is 0 Å². The third kappa shape index (κ3) is 4.77. The Kier molecular flexibility index (Phi) is 4.53. The van der Waals surface area contributed by atoms with Gasteiger partial charge < -0.3 is 5.32 Å². The van der Waals surface area contributed by atoms with Crippen LogP contribution in [0.1, 0.15) is 33.6 Å². The Bertz CT molecular complexity index is 299. The molecule has 1 N–H and O–H groups in total. The third-order valence-electron chi connectivity index (χ3n) is 2.32. The highest BCUT2D eigenvalue weighted by Crippen LogP contribution is 2.13. The van der Waals surface area contributed by atoms with Crippen LogP contribution >= 0.6 is 0 Å². The molecule has 0 bridgehead atoms. The van der Waals surface area contributed by atoms with Crippen molar-refractivity contribution < 1.29 is 4.39 Å². The van der Waals surface area contributed by atoms with Gasteiger partial charge in [0.15, 0.2) is 0 Å². The number of hydrogen-bond donors (Lipinski definition) is 1. The average molecular weight is 210 g/mol. The number of nitrogens with one attached hydrogen (secondary N) is 1. The van der Waals surface area contributed by atoms with Gasteiger partial charge in [0.2, 0.25) is 5.95 Å². The summed E-state index contributed by atoms with van der Waals surface area (Å²) in [6.07, 6.45) is 3.76. The predicted molar refractivity (Wildman–Crippen MR) is 61.4 cm³/mol. The van der Waals surface area contributed by atoms with Gasteiger partial charge in [0.1, 0.15) is 0 Å². The molecule has 15 heavy (non-hydrogen) atoms. The number of anilines is 1. The maximum atomic E-state index is 12.8. The van der Waals surface area contributed by atoms with E-state index in [4.69, 9.17) is 0 Å². The van der Waals surface area contributed by atoms with E-state index in [1.165, 1.54) is 18.7 Å². The number of rotatable bonds is 5. The normalized spacial score (nSPS) is 12.9. The van der Waals surface area contributed by atoms with Gasteiger partial charge in [-0.15, -0.1) is 0 Å². The summed E-state index contributed by atoms with van der Waals surface area (Å²) in [7, 11) is 0. The minimum atomic E-state index is -0.434. The summed E-state index contributed by atoms with van der Waals surface area (Å²) in [5, 5.41) is 3.26. The van der Waals surface area contributed by atoms with Crippen LogP contribution in [0.15, 0.2) is 18.3 Å². The van der Waals surface area contributed by atoms with E-state index in [0.717, 1.165) is 12.1 Å². The van der Waals surface area contributed by atoms with Gasteiger partial charge in [-0.05, 0) is 31.7 Å². The Balaban J connectivity index is 2.40. The molecule has 0 aliphatic carbocycles. The Morgan fingerprint density at radius 3 is 2.67 bits per heavy atom. The fourth-order valence-corrected chi connectivity index (χ4v) is 1.43. The highest BCUT2D eigenvalue weighted by atomic mass is 19.1. The van der Waals surface area contributed by atoms with Gasteiger partial charge in [-0.1, -0.05) is 13.8 Å². The van der Waals surface area contributed by atoms with E-state index in [9.17, 15) is 4.39 Å². The van der Waals surface area contributed by atoms with Crippen LogP contribution in [0.5, 0.6) is 0 Å². The smallest absolute Gasteiger partial charge is 0.214 e. The standard InChI is InChI=1S/C12H19FN2/c1-9(2)4-5-10(3)15-11-6-7-14-12(13)8-11/h6-10H,4-5H2,1-3H3,(H,14,15). The minimum absolute atomic E-state index is 0.370. The summed E-state index contributed by atoms with van der Waals surface area (Å²) in [5.74, 6) is 0.277. The van der Waals surface area contributed by atoms with E-state index in [1.54, 1.807) is 6.07 Å². The van der Waals surface area contributed by atoms with Crippen LogP contribution in [-0.2, 0) is 0 Å². The molecule has 1 aromatic heterocycles. The summed E-state index contributed by atoms with van der Waals surface area (Å²) in [6, 6.07) is 3.58. The van der Waals surface area contributed by atoms with Crippen LogP contribution < -0.4 is 5.32 Å². The molecule has 1 heterocycles. The lowest BCUT2D eigenvalue weighted by atomic mass is 10.0. The fraction of sp³-hybridized carbons (Fsp3) is 0.583. The molecule has 0 aromatic carbocycles. The zero-order valence-corrected chi connectivity index (χ0v) is 9.63. The topological polar surface area (TPSA) is 24.9 Å². The van der Waals surface area contributed by atoms with Gasteiger partial charge in [-0.2, -0.15) is 4.39 Å². The van der Waals surface area contributed by atoms with Gasteiger partial charge >= 0.3 is 0 Å². The third-order valence-corrected chi connectivity index (χ3v) is 2.32. The second-order valence-electron chi connectivity index (χ2n) is 4.38. The van der Waals surface area contributed by atoms with E-state index in [0.29, 0.717) is 12.0 Å². The van der Waals surface area contributed by atoms with Crippen molar-refractivity contribution >= 4 is 5.69 Å². The van der Waals surface area contributed by atoms with Crippen LogP contribution in [0.4, 0.5) is 10.1 Å². The Morgan fingerprint density at radius 1 is 1.33 bits per heavy atom. The zero-order chi connectivity index (χ0) is 11.3. The van der Waals surface area contributed by atoms with Crippen molar-refractivity contribution in [1.82, 2.24) is 4.98 Å². The number of pyridine rings is 1. The van der Waals surface area contributed by atoms with Gasteiger partial charge in [-0.3, -0.25) is 0 Å². The molecule has 84 valence electrons. The molecule has 0 aliphatic rings. The van der Waals surface area contributed by atoms with E-state index in [1.807, 2.05) is 0 Å². The molecule has 2 nitrogen and oxygen atoms in total. The highest BCUT2D eigenvalue weighted by Gasteiger charge is 2.04. The first-order chi connectivity index (χ1) is 7.08. The summed E-state index contributed by atoms with van der Waals surface area (Å²) in [6.45, 7) is 6.53. The van der Waals surface area contributed by atoms with Gasteiger partial charge in [0.25, 0.3) is 0 Å². The van der Waals surface area contributed by atoms with E-state index in [2.05, 4.69) is 31.1 Å². The first-order valence-corrected chi connectivity index (χ1v) is 5.46. The largest absolute Gasteiger partial charge is 0.382 e. The molecule has 1 atom stereocenters. The molecule has 3 heteroatoms. The molecule has 0 fully saturated rings. The maximum Gasteiger partial charge on any atom is 0.214 e. The first-order valence-electron chi connectivity index (χ1n) is 5.46. The van der Waals surface area contributed by atoms with Crippen LogP contribution in [0.3, 0.4) is 0 Å². The van der Waals surface area contributed by atoms with E-state index >= 15 is 0 Å². The highest BCUT2D eigenvalue weighted by molar-refractivity contribution is 5.41. The summed E-state index contributed by atoms with van der Waals surface area (Å²) in [4.78, 5) is 3.51. The number of aromatic nitrogens is 1. The van der Waals surface area contributed by atoms with Gasteiger partial charge in [-0.25, -0.2) is 4.98 Å². The fourth-order valence-electron chi connectivity index (χ4n) is 1.43. The first kappa shape index (κ1) is 12.0. The van der Waals surface area contributed by atoms with Crippen LogP contribution in [0.2, 0.25) is 0 Å². The minimum Gasteiger partial charge on any atom is -0.382 e. The molecule has 1 unspecified atom stereocenters. The molecular formula is C12H19FN2. The Morgan fingerprint density at radius 2 is 2.07 bits per heavy atom. The van der Waals surface area contributed by atoms with Crippen molar-refractivity contribution in [3.63, 3.8) is 0 Å². The molecule has 0 aliphatic heterocycles. The maximum absolute atomic E-state index is 12.8. The summed E-state index contributed by atoms with van der Waals surface area (Å²) in [5.41, 5.74) is 0.804. The van der Waals surface area contributed by atoms with Gasteiger partial charge in [0, 0.05) is 24.0 Å². The number of halogens is 1. The van der Waals surface area contributed by atoms with Crippen molar-refractivity contribution in [3.8, 4) is 0 Å². The lowest BCUT2D eigenvalue weighted by Crippen LogP contribution is -2.15. The van der Waals surface area contributed by atoms with Crippen LogP contribution in [-0.4, -0.2) is 11.0 Å². The molecule has 0 amide bonds. The number of nitrogens with zero attached hydrogens (tertiary/aromatic N) is 1. The van der Waals surface area contributed by atoms with Crippen LogP contribution in [0.25, 0.3) is 0 Å². The summed E-state index contributed by atoms with van der Waals surface area (Å²) >= 11 is 0. The molecular weight excluding hydrogens is 191 g/mol. The molecule has 1 aromatic rings. The lowest BCUT2D eigenvalue weighted by molar-refractivity contribution is 0.527. The van der Waals surface area contributed by atoms with Crippen molar-refractivity contribution in [2.24, 2.45) is 5.92 Å². The number of hydrogen-bond acceptors (Lipinski definition) is 2. The predicted octanol–water partition coefficient (Wildman–Crippen LogP) is 3.46. The zero-order valence-electron chi connectivity index (χ0n) is 9.63. The lowest BCUT2D eigenvalue weighted by Gasteiger charge is -2.16. The van der Waals surface area contributed by atoms with E-state index < -0.39 is 5.95 Å². The molecule has 0 saturated carbocycles. The SMILES string of the molecule is CC(C)CCC(C)Nc1ccnc(F)c1. The Labute approximate surface area is 90.9 Å². The molecule has 0 saturated heterocycles. The van der Waals surface area contributed by atoms with Crippen molar-refractivity contribution in [2.75, 3.05) is 5.32 Å². The second kappa shape index (κ2) is 5.69. The van der Waals surface area contributed by atoms with Crippen LogP contribution in [0, 0.1) is 11.9 Å². The quantitative estimate of drug-likeness (QED) is 0.753. The molecule has 0 radical (unpaired) electrons. The monoisotopic (exact) mass is 210 g/mol. The summed E-state index contributed by atoms with van der Waals surface area (Å²) < 4.78 is 12.8. The second-order valence-corrected chi connectivity index (χ2v) is 4.38. The van der Waals surface area contributed by atoms with E-state index in [-0.39, 0.29) is 0 Å². The van der Waals surface area contributed by atoms with Crippen molar-refractivity contribution in [2.45, 2.75) is 39.7 Å². The van der Waals surface area contributed by atoms with Crippen molar-refractivity contribution in [1.29, 1.82) is 0 Å². The Hall–Kier alpha value is -1.12. The van der Waals surface area contributed by atoms with Crippen molar-refractivity contribution in [3.05, 3.63) is 24.3 Å². The molecule has 1 rings (SSSR count). The molecule has 0 spiro atoms. The average Bonchev–Trinajstić information content (AvgIpc) is 2.15.